The van der Waals surface area contributed by atoms with Crippen LogP contribution in [0.2, 0.25) is 0 Å². The van der Waals surface area contributed by atoms with Gasteiger partial charge in [0.2, 0.25) is 5.91 Å². The van der Waals surface area contributed by atoms with Crippen molar-refractivity contribution in [2.45, 2.75) is 71.4 Å². The summed E-state index contributed by atoms with van der Waals surface area (Å²) in [7, 11) is 0. The highest BCUT2D eigenvalue weighted by atomic mass is 16.5. The lowest BCUT2D eigenvalue weighted by Crippen LogP contribution is -2.43. The van der Waals surface area contributed by atoms with Crippen molar-refractivity contribution in [2.75, 3.05) is 6.61 Å². The van der Waals surface area contributed by atoms with Crippen LogP contribution < -0.4 is 5.32 Å². The third-order valence-electron chi connectivity index (χ3n) is 4.52. The van der Waals surface area contributed by atoms with Gasteiger partial charge in [-0.1, -0.05) is 20.8 Å². The topological polar surface area (TPSA) is 38.3 Å². The molecule has 1 heterocycles. The Hall–Kier alpha value is -0.570. The standard InChI is InChI=1S/C15H27NO2/c1-15(2,3)11-6-8-12(9-7-11)16-14(17)13-5-4-10-18-13/h11-13H,4-10H2,1-3H3,(H,16,17)/t11?,12?,13-/m1/s1. The highest BCUT2D eigenvalue weighted by molar-refractivity contribution is 5.81. The van der Waals surface area contributed by atoms with E-state index in [1.165, 1.54) is 12.8 Å². The number of hydrogen-bond donors (Lipinski definition) is 1. The molecule has 18 heavy (non-hydrogen) atoms. The number of rotatable bonds is 2. The van der Waals surface area contributed by atoms with E-state index in [9.17, 15) is 4.79 Å². The summed E-state index contributed by atoms with van der Waals surface area (Å²) < 4.78 is 5.42. The second kappa shape index (κ2) is 5.60. The molecule has 1 saturated carbocycles. The summed E-state index contributed by atoms with van der Waals surface area (Å²) in [6.45, 7) is 7.71. The van der Waals surface area contributed by atoms with Crippen LogP contribution >= 0.6 is 0 Å². The molecule has 2 rings (SSSR count). The van der Waals surface area contributed by atoms with Gasteiger partial charge in [0.15, 0.2) is 0 Å². The second-order valence-electron chi connectivity index (χ2n) is 6.92. The van der Waals surface area contributed by atoms with Crippen molar-refractivity contribution in [2.24, 2.45) is 11.3 Å². The van der Waals surface area contributed by atoms with Gasteiger partial charge < -0.3 is 10.1 Å². The maximum atomic E-state index is 12.0. The maximum absolute atomic E-state index is 12.0. The lowest BCUT2D eigenvalue weighted by molar-refractivity contribution is -0.131. The van der Waals surface area contributed by atoms with Crippen LogP contribution in [-0.2, 0) is 9.53 Å². The number of nitrogens with one attached hydrogen (secondary N) is 1. The zero-order valence-electron chi connectivity index (χ0n) is 12.0. The second-order valence-corrected chi connectivity index (χ2v) is 6.92. The van der Waals surface area contributed by atoms with Crippen LogP contribution in [0.4, 0.5) is 0 Å². The predicted molar refractivity (Wildman–Crippen MR) is 72.3 cm³/mol. The molecule has 3 nitrogen and oxygen atoms in total. The first-order valence-corrected chi connectivity index (χ1v) is 7.39. The van der Waals surface area contributed by atoms with Crippen LogP contribution in [0.25, 0.3) is 0 Å². The van der Waals surface area contributed by atoms with Gasteiger partial charge >= 0.3 is 0 Å². The quantitative estimate of drug-likeness (QED) is 0.821. The van der Waals surface area contributed by atoms with Crippen LogP contribution in [0, 0.1) is 11.3 Å². The molecule has 104 valence electrons. The van der Waals surface area contributed by atoms with E-state index >= 15 is 0 Å². The molecule has 2 aliphatic rings. The normalized spacial score (nSPS) is 33.4. The summed E-state index contributed by atoms with van der Waals surface area (Å²) >= 11 is 0. The first-order chi connectivity index (χ1) is 8.47. The molecule has 0 radical (unpaired) electrons. The molecule has 1 aliphatic heterocycles. The lowest BCUT2D eigenvalue weighted by Gasteiger charge is -2.37. The zero-order valence-corrected chi connectivity index (χ0v) is 12.0. The van der Waals surface area contributed by atoms with Crippen LogP contribution in [-0.4, -0.2) is 24.7 Å². The van der Waals surface area contributed by atoms with E-state index in [2.05, 4.69) is 26.1 Å². The third kappa shape index (κ3) is 3.47. The maximum Gasteiger partial charge on any atom is 0.249 e. The first kappa shape index (κ1) is 13.9. The van der Waals surface area contributed by atoms with Crippen molar-refractivity contribution in [1.29, 1.82) is 0 Å². The Balaban J connectivity index is 1.75. The molecule has 1 aliphatic carbocycles. The highest BCUT2D eigenvalue weighted by Crippen LogP contribution is 2.37. The first-order valence-electron chi connectivity index (χ1n) is 7.39. The van der Waals surface area contributed by atoms with E-state index in [-0.39, 0.29) is 12.0 Å². The monoisotopic (exact) mass is 253 g/mol. The van der Waals surface area contributed by atoms with Gasteiger partial charge in [-0.2, -0.15) is 0 Å². The van der Waals surface area contributed by atoms with Gasteiger partial charge in [0.25, 0.3) is 0 Å². The van der Waals surface area contributed by atoms with Crippen LogP contribution in [0.3, 0.4) is 0 Å². The van der Waals surface area contributed by atoms with Crippen molar-refractivity contribution < 1.29 is 9.53 Å². The van der Waals surface area contributed by atoms with Crippen molar-refractivity contribution in [3.63, 3.8) is 0 Å². The summed E-state index contributed by atoms with van der Waals surface area (Å²) in [5.74, 6) is 0.917. The fraction of sp³-hybridized carbons (Fsp3) is 0.933. The van der Waals surface area contributed by atoms with Gasteiger partial charge in [0, 0.05) is 12.6 Å². The highest BCUT2D eigenvalue weighted by Gasteiger charge is 2.31. The average molecular weight is 253 g/mol. The minimum absolute atomic E-state index is 0.117. The molecule has 0 spiro atoms. The number of carbonyl (C=O) groups excluding carboxylic acids is 1. The Labute approximate surface area is 111 Å². The third-order valence-corrected chi connectivity index (χ3v) is 4.52. The smallest absolute Gasteiger partial charge is 0.249 e. The van der Waals surface area contributed by atoms with Gasteiger partial charge in [-0.15, -0.1) is 0 Å². The lowest BCUT2D eigenvalue weighted by atomic mass is 9.71. The molecule has 1 N–H and O–H groups in total. The molecule has 0 aromatic carbocycles. The Kier molecular flexibility index (Phi) is 4.31. The fourth-order valence-electron chi connectivity index (χ4n) is 3.18. The predicted octanol–water partition coefficient (Wildman–Crippen LogP) is 2.89. The summed E-state index contributed by atoms with van der Waals surface area (Å²) in [6.07, 6.45) is 6.46. The van der Waals surface area contributed by atoms with E-state index in [0.717, 1.165) is 38.2 Å². The van der Waals surface area contributed by atoms with Gasteiger partial charge in [0.1, 0.15) is 6.10 Å². The molecule has 1 atom stereocenters. The molecule has 0 aromatic heterocycles. The van der Waals surface area contributed by atoms with Crippen molar-refractivity contribution >= 4 is 5.91 Å². The van der Waals surface area contributed by atoms with E-state index < -0.39 is 0 Å². The SMILES string of the molecule is CC(C)(C)C1CCC(NC(=O)[C@H]2CCCO2)CC1. The van der Waals surface area contributed by atoms with Gasteiger partial charge in [-0.25, -0.2) is 0 Å². The zero-order chi connectivity index (χ0) is 13.2. The molecule has 3 heteroatoms. The van der Waals surface area contributed by atoms with Crippen LogP contribution in [0.5, 0.6) is 0 Å². The molecule has 0 bridgehead atoms. The minimum Gasteiger partial charge on any atom is -0.368 e. The Bertz CT molecular complexity index is 281. The van der Waals surface area contributed by atoms with Crippen LogP contribution in [0.15, 0.2) is 0 Å². The van der Waals surface area contributed by atoms with Crippen molar-refractivity contribution in [3.8, 4) is 0 Å². The van der Waals surface area contributed by atoms with Gasteiger partial charge in [0.05, 0.1) is 0 Å². The molecule has 0 unspecified atom stereocenters. The molecule has 1 saturated heterocycles. The van der Waals surface area contributed by atoms with Crippen LogP contribution in [0.1, 0.15) is 59.3 Å². The van der Waals surface area contributed by atoms with E-state index in [0.29, 0.717) is 11.5 Å². The Morgan fingerprint density at radius 3 is 2.28 bits per heavy atom. The van der Waals surface area contributed by atoms with Gasteiger partial charge in [-0.05, 0) is 49.9 Å². The molecule has 0 aromatic rings. The van der Waals surface area contributed by atoms with Crippen molar-refractivity contribution in [3.05, 3.63) is 0 Å². The summed E-state index contributed by atoms with van der Waals surface area (Å²) in [4.78, 5) is 12.0. The molecule has 2 fully saturated rings. The number of carbonyl (C=O) groups is 1. The number of hydrogen-bond acceptors (Lipinski definition) is 2. The average Bonchev–Trinajstić information content (AvgIpc) is 2.82. The minimum atomic E-state index is -0.176. The summed E-state index contributed by atoms with van der Waals surface area (Å²) in [5, 5.41) is 3.17. The van der Waals surface area contributed by atoms with E-state index in [1.807, 2.05) is 0 Å². The molecular weight excluding hydrogens is 226 g/mol. The summed E-state index contributed by atoms with van der Waals surface area (Å²) in [6, 6.07) is 0.375. The summed E-state index contributed by atoms with van der Waals surface area (Å²) in [5.41, 5.74) is 0.406. The number of ether oxygens (including phenoxy) is 1. The Morgan fingerprint density at radius 1 is 1.11 bits per heavy atom. The number of amides is 1. The van der Waals surface area contributed by atoms with Gasteiger partial charge in [-0.3, -0.25) is 4.79 Å². The van der Waals surface area contributed by atoms with E-state index in [4.69, 9.17) is 4.74 Å². The Morgan fingerprint density at radius 2 is 1.78 bits per heavy atom. The fourth-order valence-corrected chi connectivity index (χ4v) is 3.18. The largest absolute Gasteiger partial charge is 0.368 e. The molecular formula is C15H27NO2. The van der Waals surface area contributed by atoms with Crippen molar-refractivity contribution in [1.82, 2.24) is 5.32 Å². The van der Waals surface area contributed by atoms with E-state index in [1.54, 1.807) is 0 Å². The molecule has 1 amide bonds.